The molecule has 2 aliphatic rings. The highest BCUT2D eigenvalue weighted by molar-refractivity contribution is 5.79. The number of methoxy groups -OCH3 is 3. The number of nitrogens with one attached hydrogen (secondary N) is 1. The van der Waals surface area contributed by atoms with Crippen molar-refractivity contribution in [3.8, 4) is 17.2 Å². The summed E-state index contributed by atoms with van der Waals surface area (Å²) in [5.41, 5.74) is 3.80. The Morgan fingerprint density at radius 3 is 2.45 bits per heavy atom. The van der Waals surface area contributed by atoms with Crippen molar-refractivity contribution in [2.24, 2.45) is 5.92 Å². The van der Waals surface area contributed by atoms with Crippen LogP contribution in [0, 0.1) is 5.92 Å². The molecule has 2 atom stereocenters. The van der Waals surface area contributed by atoms with E-state index in [0.717, 1.165) is 57.5 Å². The molecule has 1 saturated heterocycles. The molecule has 31 heavy (non-hydrogen) atoms. The zero-order chi connectivity index (χ0) is 21.8. The van der Waals surface area contributed by atoms with Crippen LogP contribution in [0.3, 0.4) is 0 Å². The van der Waals surface area contributed by atoms with E-state index >= 15 is 0 Å². The number of rotatable bonds is 6. The van der Waals surface area contributed by atoms with E-state index in [1.54, 1.807) is 21.3 Å². The molecule has 0 bridgehead atoms. The van der Waals surface area contributed by atoms with Gasteiger partial charge in [0.15, 0.2) is 11.5 Å². The topological polar surface area (TPSA) is 52.4 Å². The molecule has 6 nitrogen and oxygen atoms in total. The molecule has 2 aromatic rings. The predicted molar refractivity (Wildman–Crippen MR) is 119 cm³/mol. The lowest BCUT2D eigenvalue weighted by Crippen LogP contribution is -3.12. The maximum Gasteiger partial charge on any atom is 0.231 e. The van der Waals surface area contributed by atoms with Gasteiger partial charge in [0, 0.05) is 18.7 Å². The van der Waals surface area contributed by atoms with Crippen LogP contribution in [0.1, 0.15) is 29.5 Å². The summed E-state index contributed by atoms with van der Waals surface area (Å²) in [6.45, 7) is 4.35. The van der Waals surface area contributed by atoms with Crippen LogP contribution in [-0.2, 0) is 24.3 Å². The average molecular weight is 426 g/mol. The molecule has 4 rings (SSSR count). The molecule has 0 aliphatic carbocycles. The number of carbonyl (C=O) groups excluding carboxylic acids is 1. The van der Waals surface area contributed by atoms with Crippen LogP contribution in [0.5, 0.6) is 17.2 Å². The second kappa shape index (κ2) is 9.60. The number of hydrogen-bond acceptors (Lipinski definition) is 4. The third-order valence-corrected chi connectivity index (χ3v) is 6.59. The van der Waals surface area contributed by atoms with Gasteiger partial charge in [0.1, 0.15) is 6.54 Å². The fraction of sp³-hybridized carbons (Fsp3) is 0.480. The van der Waals surface area contributed by atoms with Gasteiger partial charge in [0.2, 0.25) is 11.7 Å². The van der Waals surface area contributed by atoms with Gasteiger partial charge in [-0.05, 0) is 42.5 Å². The maximum absolute atomic E-state index is 13.3. The fourth-order valence-corrected chi connectivity index (χ4v) is 4.99. The van der Waals surface area contributed by atoms with Gasteiger partial charge in [-0.15, -0.1) is 0 Å². The van der Waals surface area contributed by atoms with Crippen molar-refractivity contribution in [3.05, 3.63) is 53.1 Å². The smallest absolute Gasteiger partial charge is 0.231 e. The van der Waals surface area contributed by atoms with Gasteiger partial charge < -0.3 is 24.0 Å². The van der Waals surface area contributed by atoms with Gasteiger partial charge >= 0.3 is 0 Å². The van der Waals surface area contributed by atoms with Gasteiger partial charge in [0.25, 0.3) is 0 Å². The van der Waals surface area contributed by atoms with Crippen molar-refractivity contribution >= 4 is 5.91 Å². The number of fused-ring (bicyclic) bond motifs is 1. The first kappa shape index (κ1) is 21.5. The first-order chi connectivity index (χ1) is 15.1. The predicted octanol–water partition coefficient (Wildman–Crippen LogP) is 2.09. The van der Waals surface area contributed by atoms with E-state index in [-0.39, 0.29) is 5.92 Å². The van der Waals surface area contributed by atoms with Crippen LogP contribution in [0.15, 0.2) is 36.4 Å². The second-order valence-electron chi connectivity index (χ2n) is 8.53. The van der Waals surface area contributed by atoms with E-state index in [1.165, 1.54) is 16.0 Å². The van der Waals surface area contributed by atoms with Crippen LogP contribution in [0.2, 0.25) is 0 Å². The molecule has 166 valence electrons. The summed E-state index contributed by atoms with van der Waals surface area (Å²) >= 11 is 0. The molecule has 2 aromatic carbocycles. The van der Waals surface area contributed by atoms with Crippen LogP contribution < -0.4 is 19.1 Å². The Morgan fingerprint density at radius 1 is 1.06 bits per heavy atom. The Balaban J connectivity index is 1.43. The first-order valence-corrected chi connectivity index (χ1v) is 11.1. The molecular weight excluding hydrogens is 392 g/mol. The molecule has 0 radical (unpaired) electrons. The van der Waals surface area contributed by atoms with Crippen molar-refractivity contribution in [1.82, 2.24) is 4.90 Å². The quantitative estimate of drug-likeness (QED) is 0.770. The third-order valence-electron chi connectivity index (χ3n) is 6.59. The van der Waals surface area contributed by atoms with Crippen molar-refractivity contribution in [1.29, 1.82) is 0 Å². The zero-order valence-electron chi connectivity index (χ0n) is 18.8. The summed E-state index contributed by atoms with van der Waals surface area (Å²) < 4.78 is 16.4. The fourth-order valence-electron chi connectivity index (χ4n) is 4.99. The van der Waals surface area contributed by atoms with Crippen LogP contribution in [-0.4, -0.2) is 51.8 Å². The first-order valence-electron chi connectivity index (χ1n) is 11.1. The summed E-state index contributed by atoms with van der Waals surface area (Å²) in [7, 11) is 4.89. The molecule has 6 heteroatoms. The Morgan fingerprint density at radius 2 is 1.77 bits per heavy atom. The second-order valence-corrected chi connectivity index (χ2v) is 8.53. The van der Waals surface area contributed by atoms with E-state index < -0.39 is 0 Å². The highest BCUT2D eigenvalue weighted by Gasteiger charge is 2.33. The van der Waals surface area contributed by atoms with Crippen LogP contribution >= 0.6 is 0 Å². The van der Waals surface area contributed by atoms with E-state index in [4.69, 9.17) is 14.2 Å². The van der Waals surface area contributed by atoms with Crippen LogP contribution in [0.25, 0.3) is 0 Å². The molecule has 0 aromatic heterocycles. The number of amides is 1. The number of hydrogen-bond donors (Lipinski definition) is 1. The van der Waals surface area contributed by atoms with E-state index in [2.05, 4.69) is 29.2 Å². The minimum absolute atomic E-state index is 0.0936. The molecule has 1 fully saturated rings. The molecule has 0 saturated carbocycles. The Labute approximate surface area is 184 Å². The number of likely N-dealkylation sites (tertiary alicyclic amines) is 1. The Kier molecular flexibility index (Phi) is 6.66. The number of ether oxygens (including phenoxy) is 3. The maximum atomic E-state index is 13.3. The van der Waals surface area contributed by atoms with Gasteiger partial charge in [-0.25, -0.2) is 0 Å². The Bertz CT molecular complexity index is 904. The zero-order valence-corrected chi connectivity index (χ0v) is 18.8. The summed E-state index contributed by atoms with van der Waals surface area (Å²) in [5.74, 6) is 2.37. The molecule has 1 N–H and O–H groups in total. The molecule has 2 aliphatic heterocycles. The van der Waals surface area contributed by atoms with Gasteiger partial charge in [0.05, 0.1) is 40.3 Å². The molecule has 1 amide bonds. The van der Waals surface area contributed by atoms with E-state index in [0.29, 0.717) is 23.2 Å². The van der Waals surface area contributed by atoms with E-state index in [9.17, 15) is 4.79 Å². The lowest BCUT2D eigenvalue weighted by atomic mass is 9.93. The van der Waals surface area contributed by atoms with Crippen molar-refractivity contribution in [3.63, 3.8) is 0 Å². The lowest BCUT2D eigenvalue weighted by Gasteiger charge is -2.35. The van der Waals surface area contributed by atoms with Gasteiger partial charge in [-0.1, -0.05) is 24.3 Å². The largest absolute Gasteiger partial charge is 0.493 e. The van der Waals surface area contributed by atoms with Crippen LogP contribution in [0.4, 0.5) is 0 Å². The third kappa shape index (κ3) is 4.64. The number of quaternary nitrogens is 1. The summed E-state index contributed by atoms with van der Waals surface area (Å²) in [4.78, 5) is 16.8. The minimum Gasteiger partial charge on any atom is -0.493 e. The van der Waals surface area contributed by atoms with Crippen molar-refractivity contribution in [2.45, 2.75) is 32.4 Å². The Hall–Kier alpha value is -2.73. The monoisotopic (exact) mass is 425 g/mol. The number of benzene rings is 2. The number of nitrogens with zero attached hydrogens (tertiary/aromatic N) is 1. The highest BCUT2D eigenvalue weighted by atomic mass is 16.5. The van der Waals surface area contributed by atoms with Gasteiger partial charge in [-0.3, -0.25) is 4.79 Å². The summed E-state index contributed by atoms with van der Waals surface area (Å²) in [6, 6.07) is 12.5. The lowest BCUT2D eigenvalue weighted by molar-refractivity contribution is -0.921. The molecular formula is C25H33N2O4+. The summed E-state index contributed by atoms with van der Waals surface area (Å²) in [5, 5.41) is 0. The summed E-state index contributed by atoms with van der Waals surface area (Å²) in [6.07, 6.45) is 3.01. The van der Waals surface area contributed by atoms with E-state index in [1.807, 2.05) is 12.1 Å². The normalized spacial score (nSPS) is 20.7. The molecule has 1 unspecified atom stereocenters. The molecule has 2 heterocycles. The minimum atomic E-state index is 0.0936. The van der Waals surface area contributed by atoms with Crippen molar-refractivity contribution < 1.29 is 23.9 Å². The molecule has 0 spiro atoms. The average Bonchev–Trinajstić information content (AvgIpc) is 2.82. The highest BCUT2D eigenvalue weighted by Crippen LogP contribution is 2.38. The standard InChI is InChI=1S/C25H32N2O4/c1-29-22-13-18(14-23(30-2)24(22)31-3)15-26-11-6-9-21(16-26)25(28)27-12-10-19-7-4-5-8-20(19)17-27/h4-5,7-8,13-14,21H,6,9-12,15-17H2,1-3H3/p+1/t21-/m1/s1. The van der Waals surface area contributed by atoms with Crippen molar-refractivity contribution in [2.75, 3.05) is 41.0 Å². The van der Waals surface area contributed by atoms with Gasteiger partial charge in [-0.2, -0.15) is 0 Å². The number of piperidine rings is 1. The SMILES string of the molecule is COc1cc(C[NH+]2CCC[C@@H](C(=O)N3CCc4ccccc4C3)C2)cc(OC)c1OC. The number of carbonyl (C=O) groups is 1.